The van der Waals surface area contributed by atoms with E-state index in [-0.39, 0.29) is 23.2 Å². The molecule has 1 aliphatic heterocycles. The zero-order valence-corrected chi connectivity index (χ0v) is 21.0. The number of rotatable bonds is 6. The van der Waals surface area contributed by atoms with Gasteiger partial charge in [-0.25, -0.2) is 13.4 Å². The summed E-state index contributed by atoms with van der Waals surface area (Å²) in [6.45, 7) is 4.19. The third-order valence-corrected chi connectivity index (χ3v) is 7.97. The number of hydrogen-bond donors (Lipinski definition) is 1. The number of aromatic amines is 1. The van der Waals surface area contributed by atoms with Crippen molar-refractivity contribution in [3.8, 4) is 0 Å². The summed E-state index contributed by atoms with van der Waals surface area (Å²) in [4.78, 5) is 25.8. The molecule has 1 saturated heterocycles. The molecule has 0 radical (unpaired) electrons. The maximum atomic E-state index is 13.7. The Morgan fingerprint density at radius 1 is 1.21 bits per heavy atom. The summed E-state index contributed by atoms with van der Waals surface area (Å²) in [5, 5.41) is 1.42. The van der Waals surface area contributed by atoms with Crippen molar-refractivity contribution in [3.05, 3.63) is 54.2 Å². The number of carbonyl (C=O) groups excluding carboxylic acids is 1. The second kappa shape index (κ2) is 10.0. The van der Waals surface area contributed by atoms with E-state index >= 15 is 0 Å². The zero-order valence-electron chi connectivity index (χ0n) is 18.6. The standard InChI is InChI=1S/C23H24N4O4S2.ClH/c1-33(29,30)16-6-7-20-21(14-16)32-23(25-20)27(9-8-26-10-12-31-13-11-26)22(28)18-15-24-19-5-3-2-4-17(18)19;/h2-7,14-15,24H,8-13H2,1H3;1H. The Morgan fingerprint density at radius 2 is 1.97 bits per heavy atom. The number of morpholine rings is 1. The molecule has 2 aromatic carbocycles. The summed E-state index contributed by atoms with van der Waals surface area (Å²) in [5.41, 5.74) is 2.16. The summed E-state index contributed by atoms with van der Waals surface area (Å²) in [6.07, 6.45) is 2.93. The number of anilines is 1. The van der Waals surface area contributed by atoms with Crippen LogP contribution in [0.25, 0.3) is 21.1 Å². The van der Waals surface area contributed by atoms with Gasteiger partial charge in [0, 0.05) is 49.5 Å². The number of hydrogen-bond acceptors (Lipinski definition) is 7. The van der Waals surface area contributed by atoms with Crippen LogP contribution in [0.4, 0.5) is 5.13 Å². The summed E-state index contributed by atoms with van der Waals surface area (Å²) in [5.74, 6) is -0.136. The van der Waals surface area contributed by atoms with Gasteiger partial charge in [-0.05, 0) is 24.3 Å². The van der Waals surface area contributed by atoms with E-state index in [2.05, 4.69) is 14.9 Å². The highest BCUT2D eigenvalue weighted by Crippen LogP contribution is 2.32. The second-order valence-corrected chi connectivity index (χ2v) is 11.1. The number of H-pyrrole nitrogens is 1. The molecule has 34 heavy (non-hydrogen) atoms. The molecule has 1 N–H and O–H groups in total. The SMILES string of the molecule is CS(=O)(=O)c1ccc2nc(N(CCN3CCOCC3)C(=O)c3c[nH]c4ccccc34)sc2c1.Cl. The van der Waals surface area contributed by atoms with Crippen molar-refractivity contribution in [2.45, 2.75) is 4.90 Å². The van der Waals surface area contributed by atoms with Crippen LogP contribution in [-0.4, -0.2) is 74.8 Å². The van der Waals surface area contributed by atoms with Gasteiger partial charge in [0.05, 0.1) is 33.9 Å². The van der Waals surface area contributed by atoms with Gasteiger partial charge < -0.3 is 9.72 Å². The first-order chi connectivity index (χ1) is 15.9. The van der Waals surface area contributed by atoms with Gasteiger partial charge in [-0.15, -0.1) is 12.4 Å². The van der Waals surface area contributed by atoms with E-state index in [1.807, 2.05) is 24.3 Å². The van der Waals surface area contributed by atoms with Gasteiger partial charge in [-0.3, -0.25) is 14.6 Å². The highest BCUT2D eigenvalue weighted by molar-refractivity contribution is 7.90. The van der Waals surface area contributed by atoms with Gasteiger partial charge in [0.25, 0.3) is 5.91 Å². The predicted octanol–water partition coefficient (Wildman–Crippen LogP) is 3.58. The Kier molecular flexibility index (Phi) is 7.25. The zero-order chi connectivity index (χ0) is 23.0. The van der Waals surface area contributed by atoms with Gasteiger partial charge >= 0.3 is 0 Å². The van der Waals surface area contributed by atoms with Crippen LogP contribution in [0, 0.1) is 0 Å². The number of amides is 1. The number of carbonyl (C=O) groups is 1. The van der Waals surface area contributed by atoms with Crippen LogP contribution < -0.4 is 4.90 Å². The average Bonchev–Trinajstić information content (AvgIpc) is 3.43. The Balaban J connectivity index is 0.00000274. The first-order valence-corrected chi connectivity index (χ1v) is 13.4. The van der Waals surface area contributed by atoms with Crippen LogP contribution in [0.15, 0.2) is 53.6 Å². The molecule has 3 heterocycles. The van der Waals surface area contributed by atoms with Gasteiger partial charge in [-0.1, -0.05) is 29.5 Å². The first-order valence-electron chi connectivity index (χ1n) is 10.7. The van der Waals surface area contributed by atoms with E-state index in [9.17, 15) is 13.2 Å². The van der Waals surface area contributed by atoms with E-state index in [1.165, 1.54) is 17.6 Å². The van der Waals surface area contributed by atoms with Crippen molar-refractivity contribution in [2.24, 2.45) is 0 Å². The normalized spacial score (nSPS) is 14.9. The van der Waals surface area contributed by atoms with Crippen molar-refractivity contribution >= 4 is 65.7 Å². The number of nitrogens with one attached hydrogen (secondary N) is 1. The van der Waals surface area contributed by atoms with E-state index in [1.54, 1.807) is 29.3 Å². The lowest BCUT2D eigenvalue weighted by atomic mass is 10.1. The fourth-order valence-electron chi connectivity index (χ4n) is 3.98. The second-order valence-electron chi connectivity index (χ2n) is 8.06. The van der Waals surface area contributed by atoms with Crippen LogP contribution in [0.5, 0.6) is 0 Å². The summed E-state index contributed by atoms with van der Waals surface area (Å²) in [7, 11) is -3.33. The largest absolute Gasteiger partial charge is 0.379 e. The van der Waals surface area contributed by atoms with E-state index in [0.29, 0.717) is 42.5 Å². The number of para-hydroxylation sites is 1. The molecule has 2 aromatic heterocycles. The monoisotopic (exact) mass is 520 g/mol. The third-order valence-electron chi connectivity index (χ3n) is 5.82. The fourth-order valence-corrected chi connectivity index (χ4v) is 5.73. The molecular weight excluding hydrogens is 496 g/mol. The minimum atomic E-state index is -3.33. The van der Waals surface area contributed by atoms with Crippen molar-refractivity contribution in [3.63, 3.8) is 0 Å². The van der Waals surface area contributed by atoms with Crippen LogP contribution in [-0.2, 0) is 14.6 Å². The quantitative estimate of drug-likeness (QED) is 0.417. The average molecular weight is 521 g/mol. The van der Waals surface area contributed by atoms with Gasteiger partial charge in [0.2, 0.25) is 0 Å². The van der Waals surface area contributed by atoms with Crippen molar-refractivity contribution in [1.82, 2.24) is 14.9 Å². The molecule has 1 amide bonds. The molecule has 180 valence electrons. The number of halogens is 1. The van der Waals surface area contributed by atoms with Crippen LogP contribution in [0.2, 0.25) is 0 Å². The minimum Gasteiger partial charge on any atom is -0.379 e. The Bertz CT molecular complexity index is 1430. The van der Waals surface area contributed by atoms with Gasteiger partial charge in [0.15, 0.2) is 15.0 Å². The van der Waals surface area contributed by atoms with Gasteiger partial charge in [0.1, 0.15) is 0 Å². The Hall–Kier alpha value is -2.50. The van der Waals surface area contributed by atoms with E-state index in [4.69, 9.17) is 4.74 Å². The lowest BCUT2D eigenvalue weighted by Gasteiger charge is -2.29. The highest BCUT2D eigenvalue weighted by Gasteiger charge is 2.25. The first kappa shape index (κ1) is 24.6. The molecule has 5 rings (SSSR count). The Morgan fingerprint density at radius 3 is 2.74 bits per heavy atom. The number of ether oxygens (including phenoxy) is 1. The molecule has 0 unspecified atom stereocenters. The third kappa shape index (κ3) is 4.96. The highest BCUT2D eigenvalue weighted by atomic mass is 35.5. The number of thiazole rings is 1. The summed E-state index contributed by atoms with van der Waals surface area (Å²) < 4.78 is 30.1. The predicted molar refractivity (Wildman–Crippen MR) is 137 cm³/mol. The van der Waals surface area contributed by atoms with Crippen LogP contribution in [0.3, 0.4) is 0 Å². The molecule has 4 aromatic rings. The van der Waals surface area contributed by atoms with Crippen molar-refractivity contribution in [2.75, 3.05) is 50.5 Å². The van der Waals surface area contributed by atoms with E-state index in [0.717, 1.165) is 28.7 Å². The maximum absolute atomic E-state index is 13.7. The van der Waals surface area contributed by atoms with E-state index < -0.39 is 9.84 Å². The number of aromatic nitrogens is 2. The van der Waals surface area contributed by atoms with Gasteiger partial charge in [-0.2, -0.15) is 0 Å². The molecule has 0 spiro atoms. The lowest BCUT2D eigenvalue weighted by molar-refractivity contribution is 0.0391. The smallest absolute Gasteiger partial charge is 0.262 e. The Labute approximate surface area is 207 Å². The molecule has 0 bridgehead atoms. The maximum Gasteiger partial charge on any atom is 0.262 e. The molecule has 11 heteroatoms. The van der Waals surface area contributed by atoms with Crippen LogP contribution in [0.1, 0.15) is 10.4 Å². The van der Waals surface area contributed by atoms with Crippen molar-refractivity contribution < 1.29 is 17.9 Å². The molecule has 0 atom stereocenters. The number of fused-ring (bicyclic) bond motifs is 2. The molecule has 1 aliphatic rings. The molecule has 0 aliphatic carbocycles. The molecule has 8 nitrogen and oxygen atoms in total. The molecular formula is C23H25ClN4O4S2. The van der Waals surface area contributed by atoms with Crippen LogP contribution >= 0.6 is 23.7 Å². The number of sulfone groups is 1. The summed E-state index contributed by atoms with van der Waals surface area (Å²) in [6, 6.07) is 12.6. The lowest BCUT2D eigenvalue weighted by Crippen LogP contribution is -2.43. The molecule has 1 fully saturated rings. The fraction of sp³-hybridized carbons (Fsp3) is 0.304. The number of nitrogens with zero attached hydrogens (tertiary/aromatic N) is 3. The number of benzene rings is 2. The minimum absolute atomic E-state index is 0. The topological polar surface area (TPSA) is 95.6 Å². The summed E-state index contributed by atoms with van der Waals surface area (Å²) >= 11 is 1.33. The van der Waals surface area contributed by atoms with Crippen molar-refractivity contribution in [1.29, 1.82) is 0 Å². The molecule has 0 saturated carbocycles.